The molecule has 0 radical (unpaired) electrons. The molecule has 0 heterocycles. The van der Waals surface area contributed by atoms with Crippen LogP contribution in [0.2, 0.25) is 0 Å². The van der Waals surface area contributed by atoms with Crippen LogP contribution in [0.3, 0.4) is 0 Å². The number of benzene rings is 1. The summed E-state index contributed by atoms with van der Waals surface area (Å²) in [6.07, 6.45) is 4.57. The minimum atomic E-state index is -3.91. The average molecular weight is 314 g/mol. The molecule has 1 aromatic carbocycles. The minimum absolute atomic E-state index is 0.148. The number of nitro benzene ring substituents is 1. The van der Waals surface area contributed by atoms with Crippen molar-refractivity contribution in [2.24, 2.45) is 0 Å². The number of nitrogens with one attached hydrogen (secondary N) is 1. The number of rotatable bonds is 5. The fourth-order valence-corrected chi connectivity index (χ4v) is 3.95. The van der Waals surface area contributed by atoms with Crippen molar-refractivity contribution in [1.29, 1.82) is 0 Å². The van der Waals surface area contributed by atoms with E-state index in [2.05, 4.69) is 4.72 Å². The van der Waals surface area contributed by atoms with Crippen molar-refractivity contribution in [3.05, 3.63) is 28.3 Å². The zero-order valence-electron chi connectivity index (χ0n) is 11.7. The number of nitrogens with zero attached hydrogens (tertiary/aromatic N) is 1. The molecule has 1 aromatic rings. The molecular weight excluding hydrogens is 296 g/mol. The van der Waals surface area contributed by atoms with Crippen molar-refractivity contribution < 1.29 is 18.1 Å². The Morgan fingerprint density at radius 3 is 2.52 bits per heavy atom. The molecule has 0 aliphatic heterocycles. The molecule has 1 fully saturated rings. The standard InChI is InChI=1S/C13H18N2O5S/c1-20-11-7-8-13(12(9-11)15(16)17)21(18,19)14-10-5-3-2-4-6-10/h7-10,14H,2-6H2,1H3. The first-order chi connectivity index (χ1) is 9.94. The van der Waals surface area contributed by atoms with E-state index in [1.54, 1.807) is 0 Å². The SMILES string of the molecule is COc1ccc(S(=O)(=O)NC2CCCCC2)c([N+](=O)[O-])c1. The van der Waals surface area contributed by atoms with Gasteiger partial charge in [-0.3, -0.25) is 10.1 Å². The highest BCUT2D eigenvalue weighted by molar-refractivity contribution is 7.89. The molecule has 7 nitrogen and oxygen atoms in total. The summed E-state index contributed by atoms with van der Waals surface area (Å²) in [6.45, 7) is 0. The summed E-state index contributed by atoms with van der Waals surface area (Å²) in [5, 5.41) is 11.1. The fraction of sp³-hybridized carbons (Fsp3) is 0.538. The summed E-state index contributed by atoms with van der Waals surface area (Å²) in [6, 6.07) is 3.59. The maximum Gasteiger partial charge on any atom is 0.293 e. The Morgan fingerprint density at radius 1 is 1.29 bits per heavy atom. The zero-order chi connectivity index (χ0) is 15.5. The summed E-state index contributed by atoms with van der Waals surface area (Å²) in [5.74, 6) is 0.248. The summed E-state index contributed by atoms with van der Waals surface area (Å²) in [4.78, 5) is 10.1. The second kappa shape index (κ2) is 6.40. The quantitative estimate of drug-likeness (QED) is 0.663. The first kappa shape index (κ1) is 15.7. The third-order valence-corrected chi connectivity index (χ3v) is 5.15. The highest BCUT2D eigenvalue weighted by atomic mass is 32.2. The molecule has 0 aromatic heterocycles. The third kappa shape index (κ3) is 3.70. The first-order valence-electron chi connectivity index (χ1n) is 6.79. The van der Waals surface area contributed by atoms with Crippen molar-refractivity contribution in [3.63, 3.8) is 0 Å². The van der Waals surface area contributed by atoms with Crippen LogP contribution in [0, 0.1) is 10.1 Å². The van der Waals surface area contributed by atoms with Crippen LogP contribution in [0.4, 0.5) is 5.69 Å². The van der Waals surface area contributed by atoms with Crippen molar-refractivity contribution in [2.45, 2.75) is 43.0 Å². The van der Waals surface area contributed by atoms with E-state index in [0.29, 0.717) is 0 Å². The van der Waals surface area contributed by atoms with Crippen LogP contribution in [0.5, 0.6) is 5.75 Å². The Morgan fingerprint density at radius 2 is 1.95 bits per heavy atom. The number of sulfonamides is 1. The first-order valence-corrected chi connectivity index (χ1v) is 8.27. The van der Waals surface area contributed by atoms with Crippen molar-refractivity contribution >= 4 is 15.7 Å². The second-order valence-corrected chi connectivity index (χ2v) is 6.73. The van der Waals surface area contributed by atoms with E-state index < -0.39 is 20.6 Å². The van der Waals surface area contributed by atoms with Gasteiger partial charge in [0.2, 0.25) is 10.0 Å². The maximum absolute atomic E-state index is 12.4. The van der Waals surface area contributed by atoms with Crippen LogP contribution in [-0.4, -0.2) is 26.5 Å². The molecule has 0 spiro atoms. The topological polar surface area (TPSA) is 98.5 Å². The second-order valence-electron chi connectivity index (χ2n) is 5.05. The summed E-state index contributed by atoms with van der Waals surface area (Å²) in [5.41, 5.74) is -0.474. The minimum Gasteiger partial charge on any atom is -0.497 e. The Hall–Kier alpha value is -1.67. The summed E-state index contributed by atoms with van der Waals surface area (Å²) < 4.78 is 32.2. The van der Waals surface area contributed by atoms with Crippen LogP contribution in [-0.2, 0) is 10.0 Å². The number of nitro groups is 1. The van der Waals surface area contributed by atoms with Gasteiger partial charge in [0, 0.05) is 6.04 Å². The van der Waals surface area contributed by atoms with Gasteiger partial charge in [-0.2, -0.15) is 0 Å². The Labute approximate surface area is 123 Å². The van der Waals surface area contributed by atoms with Gasteiger partial charge >= 0.3 is 0 Å². The van der Waals surface area contributed by atoms with Crippen LogP contribution in [0.1, 0.15) is 32.1 Å². The van der Waals surface area contributed by atoms with Gasteiger partial charge in [-0.15, -0.1) is 0 Å². The molecule has 1 aliphatic rings. The van der Waals surface area contributed by atoms with Crippen LogP contribution < -0.4 is 9.46 Å². The van der Waals surface area contributed by atoms with E-state index in [0.717, 1.165) is 38.2 Å². The van der Waals surface area contributed by atoms with Crippen LogP contribution >= 0.6 is 0 Å². The van der Waals surface area contributed by atoms with E-state index in [1.165, 1.54) is 19.2 Å². The molecule has 8 heteroatoms. The summed E-state index contributed by atoms with van der Waals surface area (Å²) in [7, 11) is -2.54. The molecule has 1 saturated carbocycles. The smallest absolute Gasteiger partial charge is 0.293 e. The lowest BCUT2D eigenvalue weighted by molar-refractivity contribution is -0.387. The molecular formula is C13H18N2O5S. The Bertz CT molecular complexity index is 623. The molecule has 0 unspecified atom stereocenters. The number of ether oxygens (including phenoxy) is 1. The van der Waals surface area contributed by atoms with Crippen molar-refractivity contribution in [3.8, 4) is 5.75 Å². The van der Waals surface area contributed by atoms with E-state index in [4.69, 9.17) is 4.74 Å². The molecule has 0 saturated heterocycles. The maximum atomic E-state index is 12.4. The highest BCUT2D eigenvalue weighted by Gasteiger charge is 2.29. The molecule has 0 atom stereocenters. The monoisotopic (exact) mass is 314 g/mol. The lowest BCUT2D eigenvalue weighted by Gasteiger charge is -2.22. The largest absolute Gasteiger partial charge is 0.497 e. The van der Waals surface area contributed by atoms with Gasteiger partial charge < -0.3 is 4.74 Å². The summed E-state index contributed by atoms with van der Waals surface area (Å²) >= 11 is 0. The molecule has 1 N–H and O–H groups in total. The highest BCUT2D eigenvalue weighted by Crippen LogP contribution is 2.29. The van der Waals surface area contributed by atoms with Crippen LogP contribution in [0.25, 0.3) is 0 Å². The molecule has 0 bridgehead atoms. The van der Waals surface area contributed by atoms with E-state index in [1.807, 2.05) is 0 Å². The van der Waals surface area contributed by atoms with E-state index in [9.17, 15) is 18.5 Å². The van der Waals surface area contributed by atoms with Crippen molar-refractivity contribution in [2.75, 3.05) is 7.11 Å². The molecule has 2 rings (SSSR count). The van der Waals surface area contributed by atoms with E-state index >= 15 is 0 Å². The predicted octanol–water partition coefficient (Wildman–Crippen LogP) is 2.21. The predicted molar refractivity (Wildman–Crippen MR) is 76.8 cm³/mol. The number of hydrogen-bond donors (Lipinski definition) is 1. The third-order valence-electron chi connectivity index (χ3n) is 3.58. The molecule has 21 heavy (non-hydrogen) atoms. The zero-order valence-corrected chi connectivity index (χ0v) is 12.6. The average Bonchev–Trinajstić information content (AvgIpc) is 2.47. The molecule has 0 amide bonds. The van der Waals surface area contributed by atoms with Gasteiger partial charge in [0.15, 0.2) is 4.90 Å². The molecule has 1 aliphatic carbocycles. The number of hydrogen-bond acceptors (Lipinski definition) is 5. The molecule has 116 valence electrons. The normalized spacial score (nSPS) is 16.6. The fourth-order valence-electron chi connectivity index (χ4n) is 2.50. The van der Waals surface area contributed by atoms with Gasteiger partial charge in [0.25, 0.3) is 5.69 Å². The Balaban J connectivity index is 2.32. The number of methoxy groups -OCH3 is 1. The Kier molecular flexibility index (Phi) is 4.79. The van der Waals surface area contributed by atoms with Gasteiger partial charge in [-0.05, 0) is 25.0 Å². The lowest BCUT2D eigenvalue weighted by Crippen LogP contribution is -2.36. The van der Waals surface area contributed by atoms with Crippen LogP contribution in [0.15, 0.2) is 23.1 Å². The lowest BCUT2D eigenvalue weighted by atomic mass is 9.96. The van der Waals surface area contributed by atoms with Gasteiger partial charge in [-0.1, -0.05) is 19.3 Å². The van der Waals surface area contributed by atoms with Gasteiger partial charge in [0.1, 0.15) is 5.75 Å². The van der Waals surface area contributed by atoms with E-state index in [-0.39, 0.29) is 16.7 Å². The van der Waals surface area contributed by atoms with Gasteiger partial charge in [-0.25, -0.2) is 13.1 Å². The van der Waals surface area contributed by atoms with Crippen molar-refractivity contribution in [1.82, 2.24) is 4.72 Å². The van der Waals surface area contributed by atoms with Gasteiger partial charge in [0.05, 0.1) is 18.1 Å².